The highest BCUT2D eigenvalue weighted by Crippen LogP contribution is 2.26. The van der Waals surface area contributed by atoms with E-state index in [1.165, 1.54) is 0 Å². The van der Waals surface area contributed by atoms with Crippen LogP contribution in [0.25, 0.3) is 0 Å². The molecule has 0 saturated carbocycles. The van der Waals surface area contributed by atoms with E-state index in [1.54, 1.807) is 30.3 Å². The van der Waals surface area contributed by atoms with Gasteiger partial charge in [0.05, 0.1) is 10.6 Å². The average Bonchev–Trinajstić information content (AvgIpc) is 2.68. The molecule has 1 saturated heterocycles. The summed E-state index contributed by atoms with van der Waals surface area (Å²) >= 11 is 6.34. The van der Waals surface area contributed by atoms with E-state index >= 15 is 0 Å². The van der Waals surface area contributed by atoms with E-state index in [9.17, 15) is 9.59 Å². The highest BCUT2D eigenvalue weighted by atomic mass is 35.5. The monoisotopic (exact) mass is 385 g/mol. The Morgan fingerprint density at radius 2 is 1.93 bits per heavy atom. The average molecular weight is 386 g/mol. The van der Waals surface area contributed by atoms with Crippen LogP contribution >= 0.6 is 11.6 Å². The molecule has 1 heterocycles. The number of benzene rings is 2. The van der Waals surface area contributed by atoms with Crippen LogP contribution in [0.5, 0.6) is 0 Å². The van der Waals surface area contributed by atoms with Gasteiger partial charge in [0, 0.05) is 18.3 Å². The van der Waals surface area contributed by atoms with Gasteiger partial charge in [-0.1, -0.05) is 41.9 Å². The Balaban J connectivity index is 1.71. The minimum absolute atomic E-state index is 0.0638. The normalized spacial score (nSPS) is 18.0. The topological polar surface area (TPSA) is 75.4 Å². The van der Waals surface area contributed by atoms with Crippen molar-refractivity contribution in [3.05, 3.63) is 64.7 Å². The van der Waals surface area contributed by atoms with Crippen molar-refractivity contribution in [1.29, 1.82) is 0 Å². The van der Waals surface area contributed by atoms with Crippen molar-refractivity contribution in [2.75, 3.05) is 11.9 Å². The molecule has 2 amide bonds. The number of likely N-dealkylation sites (tertiary alicyclic amines) is 1. The highest BCUT2D eigenvalue weighted by molar-refractivity contribution is 6.34. The van der Waals surface area contributed by atoms with Gasteiger partial charge in [0.25, 0.3) is 5.91 Å². The fraction of sp³-hybridized carbons (Fsp3) is 0.333. The molecule has 142 valence electrons. The predicted octanol–water partition coefficient (Wildman–Crippen LogP) is 3.99. The zero-order chi connectivity index (χ0) is 19.4. The zero-order valence-corrected chi connectivity index (χ0v) is 16.1. The maximum Gasteiger partial charge on any atom is 0.255 e. The molecule has 2 unspecified atom stereocenters. The Morgan fingerprint density at radius 3 is 2.59 bits per heavy atom. The lowest BCUT2D eigenvalue weighted by Gasteiger charge is -2.33. The molecular formula is C21H24ClN3O2. The highest BCUT2D eigenvalue weighted by Gasteiger charge is 2.26. The van der Waals surface area contributed by atoms with Crippen LogP contribution in [0.2, 0.25) is 5.02 Å². The van der Waals surface area contributed by atoms with Crippen molar-refractivity contribution in [2.24, 2.45) is 5.73 Å². The predicted molar refractivity (Wildman–Crippen MR) is 108 cm³/mol. The number of amides is 2. The van der Waals surface area contributed by atoms with Crippen LogP contribution in [-0.2, 0) is 4.79 Å². The molecule has 0 spiro atoms. The van der Waals surface area contributed by atoms with Crippen LogP contribution < -0.4 is 11.1 Å². The van der Waals surface area contributed by atoms with E-state index in [2.05, 4.69) is 12.2 Å². The SMILES string of the molecule is CC1CCCCN1C(=O)c1ccc(NC(=O)C(N)c2ccccc2)cc1Cl. The lowest BCUT2D eigenvalue weighted by atomic mass is 10.0. The zero-order valence-electron chi connectivity index (χ0n) is 15.3. The fourth-order valence-electron chi connectivity index (χ4n) is 3.35. The summed E-state index contributed by atoms with van der Waals surface area (Å²) in [5.74, 6) is -0.396. The number of nitrogens with zero attached hydrogens (tertiary/aromatic N) is 1. The minimum atomic E-state index is -0.777. The molecule has 0 bridgehead atoms. The van der Waals surface area contributed by atoms with Crippen molar-refractivity contribution in [1.82, 2.24) is 4.90 Å². The van der Waals surface area contributed by atoms with Gasteiger partial charge in [-0.3, -0.25) is 9.59 Å². The van der Waals surface area contributed by atoms with Crippen LogP contribution in [0.4, 0.5) is 5.69 Å². The first-order valence-electron chi connectivity index (χ1n) is 9.19. The molecule has 0 aliphatic carbocycles. The molecule has 3 rings (SSSR count). The van der Waals surface area contributed by atoms with Crippen LogP contribution in [-0.4, -0.2) is 29.3 Å². The molecule has 2 aromatic rings. The Kier molecular flexibility index (Phi) is 6.14. The molecule has 6 heteroatoms. The third-order valence-corrected chi connectivity index (χ3v) is 5.28. The van der Waals surface area contributed by atoms with Crippen molar-refractivity contribution in [3.8, 4) is 0 Å². The third kappa shape index (κ3) is 4.49. The van der Waals surface area contributed by atoms with Gasteiger partial charge >= 0.3 is 0 Å². The number of carbonyl (C=O) groups excluding carboxylic acids is 2. The molecule has 2 atom stereocenters. The standard InChI is InChI=1S/C21H24ClN3O2/c1-14-7-5-6-12-25(14)21(27)17-11-10-16(13-18(17)22)24-20(26)19(23)15-8-3-2-4-9-15/h2-4,8-11,13-14,19H,5-7,12,23H2,1H3,(H,24,26). The first-order valence-corrected chi connectivity index (χ1v) is 9.57. The summed E-state index contributed by atoms with van der Waals surface area (Å²) in [5, 5.41) is 3.09. The molecule has 0 radical (unpaired) electrons. The second-order valence-corrected chi connectivity index (χ2v) is 7.32. The summed E-state index contributed by atoms with van der Waals surface area (Å²) < 4.78 is 0. The summed E-state index contributed by atoms with van der Waals surface area (Å²) in [5.41, 5.74) is 7.71. The third-order valence-electron chi connectivity index (χ3n) is 4.97. The van der Waals surface area contributed by atoms with E-state index in [0.29, 0.717) is 16.3 Å². The molecule has 1 aliphatic heterocycles. The molecular weight excluding hydrogens is 362 g/mol. The fourth-order valence-corrected chi connectivity index (χ4v) is 3.61. The number of nitrogens with one attached hydrogen (secondary N) is 1. The van der Waals surface area contributed by atoms with E-state index in [1.807, 2.05) is 23.1 Å². The van der Waals surface area contributed by atoms with Crippen LogP contribution in [0, 0.1) is 0 Å². The van der Waals surface area contributed by atoms with E-state index < -0.39 is 6.04 Å². The molecule has 5 nitrogen and oxygen atoms in total. The van der Waals surface area contributed by atoms with Gasteiger partial charge in [0.1, 0.15) is 6.04 Å². The van der Waals surface area contributed by atoms with E-state index in [4.69, 9.17) is 17.3 Å². The molecule has 3 N–H and O–H groups in total. The Morgan fingerprint density at radius 1 is 1.19 bits per heavy atom. The van der Waals surface area contributed by atoms with Gasteiger partial charge in [-0.05, 0) is 49.9 Å². The quantitative estimate of drug-likeness (QED) is 0.835. The van der Waals surface area contributed by atoms with Crippen molar-refractivity contribution >= 4 is 29.1 Å². The Hall–Kier alpha value is -2.37. The van der Waals surface area contributed by atoms with Crippen molar-refractivity contribution in [3.63, 3.8) is 0 Å². The number of hydrogen-bond acceptors (Lipinski definition) is 3. The summed E-state index contributed by atoms with van der Waals surface area (Å²) in [4.78, 5) is 27.0. The number of rotatable bonds is 4. The van der Waals surface area contributed by atoms with Crippen molar-refractivity contribution in [2.45, 2.75) is 38.3 Å². The summed E-state index contributed by atoms with van der Waals surface area (Å²) in [6.45, 7) is 2.81. The summed E-state index contributed by atoms with van der Waals surface area (Å²) in [7, 11) is 0. The molecule has 1 aliphatic rings. The van der Waals surface area contributed by atoms with Crippen LogP contribution in [0.3, 0.4) is 0 Å². The lowest BCUT2D eigenvalue weighted by molar-refractivity contribution is -0.117. The molecule has 0 aromatic heterocycles. The number of carbonyl (C=O) groups is 2. The number of nitrogens with two attached hydrogens (primary N) is 1. The molecule has 2 aromatic carbocycles. The van der Waals surface area contributed by atoms with Crippen LogP contribution in [0.15, 0.2) is 48.5 Å². The second kappa shape index (κ2) is 8.55. The number of hydrogen-bond donors (Lipinski definition) is 2. The summed E-state index contributed by atoms with van der Waals surface area (Å²) in [6.07, 6.45) is 3.17. The number of anilines is 1. The molecule has 1 fully saturated rings. The first kappa shape index (κ1) is 19.4. The largest absolute Gasteiger partial charge is 0.336 e. The Labute approximate surface area is 164 Å². The number of piperidine rings is 1. The molecule has 27 heavy (non-hydrogen) atoms. The maximum atomic E-state index is 12.8. The van der Waals surface area contributed by atoms with E-state index in [0.717, 1.165) is 31.4 Å². The van der Waals surface area contributed by atoms with Gasteiger partial charge < -0.3 is 16.0 Å². The van der Waals surface area contributed by atoms with Gasteiger partial charge in [-0.2, -0.15) is 0 Å². The van der Waals surface area contributed by atoms with Gasteiger partial charge in [0.2, 0.25) is 5.91 Å². The smallest absolute Gasteiger partial charge is 0.255 e. The van der Waals surface area contributed by atoms with E-state index in [-0.39, 0.29) is 17.9 Å². The van der Waals surface area contributed by atoms with Gasteiger partial charge in [-0.15, -0.1) is 0 Å². The first-order chi connectivity index (χ1) is 13.0. The van der Waals surface area contributed by atoms with Gasteiger partial charge in [-0.25, -0.2) is 0 Å². The van der Waals surface area contributed by atoms with Gasteiger partial charge in [0.15, 0.2) is 0 Å². The Bertz CT molecular complexity index is 825. The maximum absolute atomic E-state index is 12.8. The van der Waals surface area contributed by atoms with Crippen molar-refractivity contribution < 1.29 is 9.59 Å². The summed E-state index contributed by atoms with van der Waals surface area (Å²) in [6, 6.07) is 13.5. The van der Waals surface area contributed by atoms with Crippen LogP contribution in [0.1, 0.15) is 48.1 Å². The number of halogens is 1. The second-order valence-electron chi connectivity index (χ2n) is 6.92. The minimum Gasteiger partial charge on any atom is -0.336 e. The lowest BCUT2D eigenvalue weighted by Crippen LogP contribution is -2.42.